The van der Waals surface area contributed by atoms with Crippen molar-refractivity contribution in [3.8, 4) is 0 Å². The number of carbonyl (C=O) groups is 2. The SMILES string of the molecule is CCNC(=O)[C@@H](CC)N(Cc1ccccc1Cl)C(=O)CCCN1c2cccc3cccc(c23)S1(=O)=O. The average Bonchev–Trinajstić information content (AvgIpc) is 3.08. The fourth-order valence-corrected chi connectivity index (χ4v) is 6.68. The van der Waals surface area contributed by atoms with Gasteiger partial charge in [-0.1, -0.05) is 61.0 Å². The van der Waals surface area contributed by atoms with Gasteiger partial charge in [0.25, 0.3) is 10.0 Å². The second-order valence-corrected chi connectivity index (χ2v) is 11.0. The average molecular weight is 528 g/mol. The summed E-state index contributed by atoms with van der Waals surface area (Å²) in [4.78, 5) is 28.1. The minimum atomic E-state index is -3.69. The van der Waals surface area contributed by atoms with E-state index in [4.69, 9.17) is 11.6 Å². The van der Waals surface area contributed by atoms with E-state index in [1.165, 1.54) is 4.31 Å². The Bertz CT molecular complexity index is 1390. The molecule has 3 aromatic carbocycles. The zero-order chi connectivity index (χ0) is 25.9. The second kappa shape index (κ2) is 10.9. The van der Waals surface area contributed by atoms with Crippen LogP contribution in [0.2, 0.25) is 5.02 Å². The lowest BCUT2D eigenvalue weighted by Crippen LogP contribution is -2.49. The van der Waals surface area contributed by atoms with Crippen molar-refractivity contribution in [1.82, 2.24) is 10.2 Å². The van der Waals surface area contributed by atoms with Crippen LogP contribution in [-0.4, -0.2) is 44.3 Å². The van der Waals surface area contributed by atoms with Crippen LogP contribution in [0.3, 0.4) is 0 Å². The van der Waals surface area contributed by atoms with Gasteiger partial charge in [-0.05, 0) is 48.9 Å². The summed E-state index contributed by atoms with van der Waals surface area (Å²) in [7, 11) is -3.69. The first-order valence-electron chi connectivity index (χ1n) is 12.1. The van der Waals surface area contributed by atoms with Gasteiger partial charge in [0, 0.05) is 36.5 Å². The number of nitrogens with zero attached hydrogens (tertiary/aromatic N) is 2. The Morgan fingerprint density at radius 2 is 1.75 bits per heavy atom. The number of hydrogen-bond acceptors (Lipinski definition) is 4. The molecule has 1 aliphatic rings. The molecule has 36 heavy (non-hydrogen) atoms. The summed E-state index contributed by atoms with van der Waals surface area (Å²) in [5, 5.41) is 4.92. The van der Waals surface area contributed by atoms with Crippen LogP contribution in [0.4, 0.5) is 5.69 Å². The topological polar surface area (TPSA) is 86.8 Å². The standard InChI is InChI=1S/C27H30ClN3O4S/c1-3-22(27(33)29-4-2)30(18-20-10-5-6-13-21(20)28)25(32)16-9-17-31-23-14-7-11-19-12-8-15-24(26(19)23)36(31,34)35/h5-8,10-15,22H,3-4,9,16-18H2,1-2H3,(H,29,33)/t22-/m1/s1. The van der Waals surface area contributed by atoms with Gasteiger partial charge in [-0.2, -0.15) is 0 Å². The molecular weight excluding hydrogens is 498 g/mol. The molecule has 1 aliphatic heterocycles. The Hall–Kier alpha value is -3.10. The normalized spacial score (nSPS) is 14.6. The molecule has 1 heterocycles. The number of sulfonamides is 1. The second-order valence-electron chi connectivity index (χ2n) is 8.74. The van der Waals surface area contributed by atoms with E-state index < -0.39 is 16.1 Å². The third kappa shape index (κ3) is 4.92. The maximum atomic E-state index is 13.4. The molecule has 190 valence electrons. The zero-order valence-corrected chi connectivity index (χ0v) is 22.0. The molecule has 0 fully saturated rings. The minimum Gasteiger partial charge on any atom is -0.355 e. The van der Waals surface area contributed by atoms with E-state index in [0.29, 0.717) is 40.4 Å². The zero-order valence-electron chi connectivity index (χ0n) is 20.4. The van der Waals surface area contributed by atoms with E-state index >= 15 is 0 Å². The highest BCUT2D eigenvalue weighted by Gasteiger charge is 2.35. The van der Waals surface area contributed by atoms with Crippen molar-refractivity contribution >= 4 is 49.9 Å². The predicted molar refractivity (Wildman–Crippen MR) is 142 cm³/mol. The summed E-state index contributed by atoms with van der Waals surface area (Å²) in [6.07, 6.45) is 0.853. The predicted octanol–water partition coefficient (Wildman–Crippen LogP) is 4.73. The van der Waals surface area contributed by atoms with Gasteiger partial charge >= 0.3 is 0 Å². The van der Waals surface area contributed by atoms with Crippen LogP contribution < -0.4 is 9.62 Å². The summed E-state index contributed by atoms with van der Waals surface area (Å²) >= 11 is 6.35. The maximum absolute atomic E-state index is 13.4. The van der Waals surface area contributed by atoms with Crippen molar-refractivity contribution in [3.63, 3.8) is 0 Å². The number of nitrogens with one attached hydrogen (secondary N) is 1. The fraction of sp³-hybridized carbons (Fsp3) is 0.333. The maximum Gasteiger partial charge on any atom is 0.265 e. The quantitative estimate of drug-likeness (QED) is 0.413. The van der Waals surface area contributed by atoms with E-state index in [-0.39, 0.29) is 31.3 Å². The summed E-state index contributed by atoms with van der Waals surface area (Å²) < 4.78 is 27.9. The fourth-order valence-electron chi connectivity index (χ4n) is 4.74. The molecule has 0 saturated heterocycles. The number of halogens is 1. The van der Waals surface area contributed by atoms with Gasteiger partial charge in [0.05, 0.1) is 10.6 Å². The monoisotopic (exact) mass is 527 g/mol. The van der Waals surface area contributed by atoms with Gasteiger partial charge in [-0.15, -0.1) is 0 Å². The minimum absolute atomic E-state index is 0.0959. The summed E-state index contributed by atoms with van der Waals surface area (Å²) in [5.74, 6) is -0.440. The van der Waals surface area contributed by atoms with Crippen LogP contribution in [0.1, 0.15) is 38.7 Å². The third-order valence-corrected chi connectivity index (χ3v) is 8.69. The lowest BCUT2D eigenvalue weighted by atomic mass is 10.1. The van der Waals surface area contributed by atoms with Crippen LogP contribution in [0.15, 0.2) is 65.6 Å². The Morgan fingerprint density at radius 3 is 2.44 bits per heavy atom. The molecule has 0 saturated carbocycles. The largest absolute Gasteiger partial charge is 0.355 e. The number of hydrogen-bond donors (Lipinski definition) is 1. The van der Waals surface area contributed by atoms with E-state index in [9.17, 15) is 18.0 Å². The number of benzene rings is 3. The van der Waals surface area contributed by atoms with Gasteiger partial charge in [-0.25, -0.2) is 8.42 Å². The number of anilines is 1. The molecule has 9 heteroatoms. The highest BCUT2D eigenvalue weighted by Crippen LogP contribution is 2.42. The van der Waals surface area contributed by atoms with Crippen LogP contribution in [0.5, 0.6) is 0 Å². The van der Waals surface area contributed by atoms with Crippen molar-refractivity contribution in [2.75, 3.05) is 17.4 Å². The first kappa shape index (κ1) is 26.0. The molecular formula is C27H30ClN3O4S. The third-order valence-electron chi connectivity index (χ3n) is 6.47. The van der Waals surface area contributed by atoms with Crippen LogP contribution in [0.25, 0.3) is 10.8 Å². The molecule has 0 bridgehead atoms. The Kier molecular flexibility index (Phi) is 7.85. The van der Waals surface area contributed by atoms with Crippen molar-refractivity contribution in [3.05, 3.63) is 71.2 Å². The summed E-state index contributed by atoms with van der Waals surface area (Å²) in [6, 6.07) is 17.4. The van der Waals surface area contributed by atoms with Gasteiger partial charge in [0.1, 0.15) is 6.04 Å². The first-order valence-corrected chi connectivity index (χ1v) is 14.0. The molecule has 0 spiro atoms. The van der Waals surface area contributed by atoms with Crippen molar-refractivity contribution in [2.24, 2.45) is 0 Å². The molecule has 2 amide bonds. The van der Waals surface area contributed by atoms with E-state index in [1.54, 1.807) is 29.2 Å². The summed E-state index contributed by atoms with van der Waals surface area (Å²) in [5.41, 5.74) is 1.39. The van der Waals surface area contributed by atoms with Gasteiger partial charge in [0.2, 0.25) is 11.8 Å². The lowest BCUT2D eigenvalue weighted by molar-refractivity contribution is -0.141. The number of likely N-dealkylation sites (N-methyl/N-ethyl adjacent to an activating group) is 1. The van der Waals surface area contributed by atoms with Crippen LogP contribution in [-0.2, 0) is 26.2 Å². The van der Waals surface area contributed by atoms with Crippen LogP contribution in [0, 0.1) is 0 Å². The first-order chi connectivity index (χ1) is 17.3. The Morgan fingerprint density at radius 1 is 1.03 bits per heavy atom. The van der Waals surface area contributed by atoms with Crippen molar-refractivity contribution in [1.29, 1.82) is 0 Å². The molecule has 0 radical (unpaired) electrons. The van der Waals surface area contributed by atoms with Crippen molar-refractivity contribution in [2.45, 2.75) is 50.6 Å². The molecule has 0 aromatic heterocycles. The molecule has 0 aliphatic carbocycles. The molecule has 1 N–H and O–H groups in total. The van der Waals surface area contributed by atoms with E-state index in [1.807, 2.05) is 50.2 Å². The molecule has 7 nitrogen and oxygen atoms in total. The van der Waals surface area contributed by atoms with Crippen LogP contribution >= 0.6 is 11.6 Å². The molecule has 3 aromatic rings. The van der Waals surface area contributed by atoms with Gasteiger partial charge < -0.3 is 10.2 Å². The van der Waals surface area contributed by atoms with Gasteiger partial charge in [-0.3, -0.25) is 13.9 Å². The van der Waals surface area contributed by atoms with E-state index in [0.717, 1.165) is 10.9 Å². The lowest BCUT2D eigenvalue weighted by Gasteiger charge is -2.31. The number of amides is 2. The van der Waals surface area contributed by atoms with Crippen molar-refractivity contribution < 1.29 is 18.0 Å². The molecule has 4 rings (SSSR count). The molecule has 1 atom stereocenters. The van der Waals surface area contributed by atoms with Gasteiger partial charge in [0.15, 0.2) is 0 Å². The number of rotatable bonds is 10. The van der Waals surface area contributed by atoms with E-state index in [2.05, 4.69) is 5.32 Å². The Balaban J connectivity index is 1.53. The highest BCUT2D eigenvalue weighted by molar-refractivity contribution is 7.93. The summed E-state index contributed by atoms with van der Waals surface area (Å²) in [6.45, 7) is 4.52. The smallest absolute Gasteiger partial charge is 0.265 e. The highest BCUT2D eigenvalue weighted by atomic mass is 35.5. The molecule has 0 unspecified atom stereocenters. The Labute approximate surface area is 217 Å². The number of carbonyl (C=O) groups excluding carboxylic acids is 2.